The second kappa shape index (κ2) is 6.54. The average Bonchev–Trinajstić information content (AvgIpc) is 3.18. The first-order chi connectivity index (χ1) is 13.3. The molecule has 1 fully saturated rings. The summed E-state index contributed by atoms with van der Waals surface area (Å²) < 4.78 is 5.86. The molecule has 0 saturated carbocycles. The highest BCUT2D eigenvalue weighted by molar-refractivity contribution is 5.96. The molecule has 2 aliphatic rings. The van der Waals surface area contributed by atoms with Gasteiger partial charge in [0, 0.05) is 30.1 Å². The molecule has 4 heterocycles. The largest absolute Gasteiger partial charge is 0.488 e. The maximum Gasteiger partial charge on any atom is 0.272 e. The molecule has 3 aromatic rings. The van der Waals surface area contributed by atoms with E-state index in [0.717, 1.165) is 53.9 Å². The monoisotopic (exact) mass is 360 g/mol. The fraction of sp³-hybridized carbons (Fsp3) is 0.286. The maximum absolute atomic E-state index is 13.4. The Morgan fingerprint density at radius 3 is 3.00 bits per heavy atom. The molecule has 0 bridgehead atoms. The zero-order valence-corrected chi connectivity index (χ0v) is 14.9. The second-order valence-corrected chi connectivity index (χ2v) is 7.01. The predicted octanol–water partition coefficient (Wildman–Crippen LogP) is 3.73. The minimum Gasteiger partial charge on any atom is -0.488 e. The lowest BCUT2D eigenvalue weighted by molar-refractivity contribution is 0.0602. The Balaban J connectivity index is 1.51. The topological polar surface area (TPSA) is 71.1 Å². The highest BCUT2D eigenvalue weighted by Gasteiger charge is 2.33. The molecule has 0 radical (unpaired) electrons. The molecule has 27 heavy (non-hydrogen) atoms. The standard InChI is InChI=1S/C21H20N4O2/c26-21(25-11-4-3-8-17(25)14-6-5-10-22-12-14)20-16-13-27-18-9-2-1-7-15(18)19(16)23-24-20/h1-2,5-7,9-10,12,17H,3-4,8,11,13H2,(H,23,24)/t17-/m1/s1. The molecule has 0 aliphatic carbocycles. The quantitative estimate of drug-likeness (QED) is 0.756. The number of piperidine rings is 1. The van der Waals surface area contributed by atoms with Crippen molar-refractivity contribution in [2.75, 3.05) is 6.54 Å². The summed E-state index contributed by atoms with van der Waals surface area (Å²) in [5.74, 6) is 0.794. The van der Waals surface area contributed by atoms with Gasteiger partial charge in [0.15, 0.2) is 0 Å². The van der Waals surface area contributed by atoms with Crippen LogP contribution in [0.3, 0.4) is 0 Å². The molecule has 136 valence electrons. The summed E-state index contributed by atoms with van der Waals surface area (Å²) in [5, 5.41) is 7.44. The van der Waals surface area contributed by atoms with E-state index in [0.29, 0.717) is 12.3 Å². The van der Waals surface area contributed by atoms with E-state index in [1.807, 2.05) is 47.5 Å². The van der Waals surface area contributed by atoms with Crippen molar-refractivity contribution in [3.63, 3.8) is 0 Å². The van der Waals surface area contributed by atoms with Gasteiger partial charge >= 0.3 is 0 Å². The van der Waals surface area contributed by atoms with Crippen molar-refractivity contribution in [2.45, 2.75) is 31.9 Å². The van der Waals surface area contributed by atoms with Crippen molar-refractivity contribution < 1.29 is 9.53 Å². The van der Waals surface area contributed by atoms with Gasteiger partial charge in [0.25, 0.3) is 5.91 Å². The van der Waals surface area contributed by atoms with Crippen LogP contribution in [0.2, 0.25) is 0 Å². The molecule has 1 aromatic carbocycles. The van der Waals surface area contributed by atoms with Crippen LogP contribution in [0.1, 0.15) is 46.9 Å². The van der Waals surface area contributed by atoms with Gasteiger partial charge in [0.05, 0.1) is 6.04 Å². The Hall–Kier alpha value is -3.15. The number of benzene rings is 1. The minimum atomic E-state index is -0.0136. The molecule has 1 amide bonds. The van der Waals surface area contributed by atoms with Gasteiger partial charge in [-0.25, -0.2) is 0 Å². The van der Waals surface area contributed by atoms with Gasteiger partial charge in [-0.15, -0.1) is 0 Å². The van der Waals surface area contributed by atoms with Gasteiger partial charge < -0.3 is 9.64 Å². The Morgan fingerprint density at radius 1 is 1.19 bits per heavy atom. The van der Waals surface area contributed by atoms with Crippen molar-refractivity contribution in [2.24, 2.45) is 0 Å². The molecule has 5 rings (SSSR count). The van der Waals surface area contributed by atoms with Gasteiger partial charge in [-0.3, -0.25) is 14.9 Å². The van der Waals surface area contributed by atoms with Crippen LogP contribution in [-0.2, 0) is 6.61 Å². The molecule has 1 atom stereocenters. The van der Waals surface area contributed by atoms with Crippen LogP contribution in [0.15, 0.2) is 48.8 Å². The molecule has 0 spiro atoms. The Morgan fingerprint density at radius 2 is 2.11 bits per heavy atom. The lowest BCUT2D eigenvalue weighted by atomic mass is 9.95. The van der Waals surface area contributed by atoms with Crippen molar-refractivity contribution in [3.8, 4) is 17.0 Å². The number of para-hydroxylation sites is 1. The van der Waals surface area contributed by atoms with Crippen LogP contribution in [0.4, 0.5) is 0 Å². The van der Waals surface area contributed by atoms with Crippen LogP contribution < -0.4 is 4.74 Å². The van der Waals surface area contributed by atoms with E-state index in [-0.39, 0.29) is 11.9 Å². The summed E-state index contributed by atoms with van der Waals surface area (Å²) in [6, 6.07) is 11.8. The smallest absolute Gasteiger partial charge is 0.272 e. The zero-order valence-electron chi connectivity index (χ0n) is 14.9. The summed E-state index contributed by atoms with van der Waals surface area (Å²) in [6.07, 6.45) is 6.70. The Kier molecular flexibility index (Phi) is 3.89. The molecule has 6 heteroatoms. The number of likely N-dealkylation sites (tertiary alicyclic amines) is 1. The SMILES string of the molecule is O=C(c1[nH]nc2c1COc1ccccc1-2)N1CCCC[C@@H]1c1cccnc1. The van der Waals surface area contributed by atoms with Crippen molar-refractivity contribution in [3.05, 3.63) is 65.6 Å². The van der Waals surface area contributed by atoms with Crippen LogP contribution in [0.5, 0.6) is 5.75 Å². The predicted molar refractivity (Wildman–Crippen MR) is 100 cm³/mol. The van der Waals surface area contributed by atoms with E-state index >= 15 is 0 Å². The van der Waals surface area contributed by atoms with Gasteiger partial charge in [0.1, 0.15) is 23.7 Å². The molecular weight excluding hydrogens is 340 g/mol. The molecule has 1 saturated heterocycles. The summed E-state index contributed by atoms with van der Waals surface area (Å²) >= 11 is 0. The molecule has 0 unspecified atom stereocenters. The van der Waals surface area contributed by atoms with Crippen molar-refractivity contribution >= 4 is 5.91 Å². The molecule has 1 N–H and O–H groups in total. The fourth-order valence-electron chi connectivity index (χ4n) is 4.08. The van der Waals surface area contributed by atoms with E-state index in [1.165, 1.54) is 0 Å². The highest BCUT2D eigenvalue weighted by Crippen LogP contribution is 2.38. The van der Waals surface area contributed by atoms with Gasteiger partial charge in [-0.05, 0) is 43.0 Å². The van der Waals surface area contributed by atoms with Crippen LogP contribution in [0.25, 0.3) is 11.3 Å². The minimum absolute atomic E-state index is 0.0136. The number of pyridine rings is 1. The first-order valence-electron chi connectivity index (χ1n) is 9.33. The number of carbonyl (C=O) groups excluding carboxylic acids is 1. The van der Waals surface area contributed by atoms with Gasteiger partial charge in [0.2, 0.25) is 0 Å². The third kappa shape index (κ3) is 2.68. The number of aromatic nitrogens is 3. The zero-order chi connectivity index (χ0) is 18.2. The lowest BCUT2D eigenvalue weighted by Crippen LogP contribution is -2.39. The summed E-state index contributed by atoms with van der Waals surface area (Å²) in [7, 11) is 0. The number of aromatic amines is 1. The molecular formula is C21H20N4O2. The highest BCUT2D eigenvalue weighted by atomic mass is 16.5. The van der Waals surface area contributed by atoms with Gasteiger partial charge in [-0.1, -0.05) is 18.2 Å². The van der Waals surface area contributed by atoms with Crippen molar-refractivity contribution in [1.29, 1.82) is 0 Å². The van der Waals surface area contributed by atoms with Crippen LogP contribution in [0, 0.1) is 0 Å². The Bertz CT molecular complexity index is 983. The first kappa shape index (κ1) is 16.1. The maximum atomic E-state index is 13.4. The van der Waals surface area contributed by atoms with E-state index in [2.05, 4.69) is 15.2 Å². The second-order valence-electron chi connectivity index (χ2n) is 7.01. The van der Waals surface area contributed by atoms with Crippen LogP contribution >= 0.6 is 0 Å². The summed E-state index contributed by atoms with van der Waals surface area (Å²) in [4.78, 5) is 19.6. The molecule has 2 aliphatic heterocycles. The Labute approximate surface area is 157 Å². The van der Waals surface area contributed by atoms with E-state index < -0.39 is 0 Å². The number of rotatable bonds is 2. The lowest BCUT2D eigenvalue weighted by Gasteiger charge is -2.36. The van der Waals surface area contributed by atoms with E-state index in [1.54, 1.807) is 6.20 Å². The number of hydrogen-bond donors (Lipinski definition) is 1. The summed E-state index contributed by atoms with van der Waals surface area (Å²) in [5.41, 5.74) is 4.21. The van der Waals surface area contributed by atoms with Gasteiger partial charge in [-0.2, -0.15) is 5.10 Å². The normalized spacial score (nSPS) is 18.4. The summed E-state index contributed by atoms with van der Waals surface area (Å²) in [6.45, 7) is 1.10. The van der Waals surface area contributed by atoms with E-state index in [4.69, 9.17) is 4.74 Å². The molecule has 2 aromatic heterocycles. The van der Waals surface area contributed by atoms with Crippen LogP contribution in [-0.4, -0.2) is 32.5 Å². The molecule has 6 nitrogen and oxygen atoms in total. The number of carbonyl (C=O) groups is 1. The van der Waals surface area contributed by atoms with E-state index in [9.17, 15) is 4.79 Å². The number of fused-ring (bicyclic) bond motifs is 3. The fourth-order valence-corrected chi connectivity index (χ4v) is 4.08. The average molecular weight is 360 g/mol. The third-order valence-corrected chi connectivity index (χ3v) is 5.43. The number of nitrogens with zero attached hydrogens (tertiary/aromatic N) is 3. The number of amides is 1. The van der Waals surface area contributed by atoms with Crippen molar-refractivity contribution in [1.82, 2.24) is 20.1 Å². The number of H-pyrrole nitrogens is 1. The number of nitrogens with one attached hydrogen (secondary N) is 1. The third-order valence-electron chi connectivity index (χ3n) is 5.43. The number of ether oxygens (including phenoxy) is 1. The first-order valence-corrected chi connectivity index (χ1v) is 9.33. The number of hydrogen-bond acceptors (Lipinski definition) is 4.